The van der Waals surface area contributed by atoms with Gasteiger partial charge in [-0.25, -0.2) is 4.98 Å². The zero-order chi connectivity index (χ0) is 13.0. The highest BCUT2D eigenvalue weighted by atomic mass is 15.0. The Kier molecular flexibility index (Phi) is 3.49. The zero-order valence-corrected chi connectivity index (χ0v) is 10.3. The topological polar surface area (TPSA) is 74.5 Å². The molecular weight excluding hydrogens is 226 g/mol. The molecule has 5 nitrogen and oxygen atoms in total. The van der Waals surface area contributed by atoms with Crippen molar-refractivity contribution in [3.05, 3.63) is 47.2 Å². The van der Waals surface area contributed by atoms with Crippen molar-refractivity contribution in [1.29, 1.82) is 5.26 Å². The Morgan fingerprint density at radius 2 is 2.00 bits per heavy atom. The van der Waals surface area contributed by atoms with Crippen molar-refractivity contribution in [3.63, 3.8) is 0 Å². The summed E-state index contributed by atoms with van der Waals surface area (Å²) < 4.78 is 0. The number of rotatable bonds is 3. The standard InChI is InChI=1S/C13H13N5/c1-9-3-11(5-14)4-13(18-9)17-8-12-7-15-10(2)6-16-12/h3-4,6-7H,8H2,1-2H3,(H,17,18). The van der Waals surface area contributed by atoms with Crippen molar-refractivity contribution in [1.82, 2.24) is 15.0 Å². The van der Waals surface area contributed by atoms with Crippen LogP contribution in [0.1, 0.15) is 22.6 Å². The number of aryl methyl sites for hydroxylation is 2. The fourth-order valence-electron chi connectivity index (χ4n) is 1.52. The van der Waals surface area contributed by atoms with Gasteiger partial charge >= 0.3 is 0 Å². The first-order chi connectivity index (χ1) is 8.67. The van der Waals surface area contributed by atoms with Gasteiger partial charge in [0.05, 0.1) is 35.8 Å². The molecule has 0 atom stereocenters. The lowest BCUT2D eigenvalue weighted by Gasteiger charge is -2.06. The summed E-state index contributed by atoms with van der Waals surface area (Å²) >= 11 is 0. The van der Waals surface area contributed by atoms with Crippen molar-refractivity contribution >= 4 is 5.82 Å². The van der Waals surface area contributed by atoms with E-state index in [1.54, 1.807) is 24.5 Å². The number of nitriles is 1. The SMILES string of the molecule is Cc1cnc(CNc2cc(C#N)cc(C)n2)cn1. The highest BCUT2D eigenvalue weighted by Crippen LogP contribution is 2.10. The smallest absolute Gasteiger partial charge is 0.127 e. The molecule has 0 saturated carbocycles. The molecule has 90 valence electrons. The van der Waals surface area contributed by atoms with Gasteiger partial charge in [0, 0.05) is 11.9 Å². The molecule has 0 radical (unpaired) electrons. The first-order valence-electron chi connectivity index (χ1n) is 5.57. The van der Waals surface area contributed by atoms with Crippen LogP contribution in [-0.4, -0.2) is 15.0 Å². The van der Waals surface area contributed by atoms with Crippen LogP contribution in [-0.2, 0) is 6.54 Å². The molecule has 2 aromatic heterocycles. The molecule has 0 aliphatic rings. The molecule has 0 spiro atoms. The number of pyridine rings is 1. The van der Waals surface area contributed by atoms with Crippen LogP contribution in [0.2, 0.25) is 0 Å². The normalized spacial score (nSPS) is 9.83. The van der Waals surface area contributed by atoms with Gasteiger partial charge < -0.3 is 5.32 Å². The van der Waals surface area contributed by atoms with Crippen molar-refractivity contribution < 1.29 is 0 Å². The molecule has 1 N–H and O–H groups in total. The van der Waals surface area contributed by atoms with E-state index >= 15 is 0 Å². The number of nitrogens with zero attached hydrogens (tertiary/aromatic N) is 4. The van der Waals surface area contributed by atoms with E-state index < -0.39 is 0 Å². The molecule has 0 unspecified atom stereocenters. The minimum absolute atomic E-state index is 0.536. The molecule has 0 aromatic carbocycles. The predicted molar refractivity (Wildman–Crippen MR) is 67.8 cm³/mol. The number of hydrogen-bond acceptors (Lipinski definition) is 5. The van der Waals surface area contributed by atoms with Gasteiger partial charge in [-0.05, 0) is 26.0 Å². The van der Waals surface area contributed by atoms with Gasteiger partial charge in [-0.2, -0.15) is 5.26 Å². The lowest BCUT2D eigenvalue weighted by Crippen LogP contribution is -2.05. The van der Waals surface area contributed by atoms with Crippen molar-refractivity contribution in [2.45, 2.75) is 20.4 Å². The number of aromatic nitrogens is 3. The minimum atomic E-state index is 0.536. The van der Waals surface area contributed by atoms with Crippen LogP contribution in [0.15, 0.2) is 24.5 Å². The van der Waals surface area contributed by atoms with E-state index in [2.05, 4.69) is 26.3 Å². The van der Waals surface area contributed by atoms with E-state index in [-0.39, 0.29) is 0 Å². The second kappa shape index (κ2) is 5.23. The van der Waals surface area contributed by atoms with Gasteiger partial charge in [-0.3, -0.25) is 9.97 Å². The van der Waals surface area contributed by atoms with Crippen molar-refractivity contribution in [2.24, 2.45) is 0 Å². The summed E-state index contributed by atoms with van der Waals surface area (Å²) in [5.41, 5.74) is 3.13. The van der Waals surface area contributed by atoms with Crippen molar-refractivity contribution in [3.8, 4) is 6.07 Å². The minimum Gasteiger partial charge on any atom is -0.364 e. The van der Waals surface area contributed by atoms with Crippen LogP contribution in [0, 0.1) is 25.2 Å². The molecule has 2 aromatic rings. The third-order valence-electron chi connectivity index (χ3n) is 2.37. The summed E-state index contributed by atoms with van der Waals surface area (Å²) in [4.78, 5) is 12.7. The highest BCUT2D eigenvalue weighted by Gasteiger charge is 2.00. The van der Waals surface area contributed by atoms with Crippen LogP contribution >= 0.6 is 0 Å². The monoisotopic (exact) mass is 239 g/mol. The third kappa shape index (κ3) is 3.01. The molecule has 5 heteroatoms. The quantitative estimate of drug-likeness (QED) is 0.886. The summed E-state index contributed by atoms with van der Waals surface area (Å²) in [5, 5.41) is 12.0. The summed E-state index contributed by atoms with van der Waals surface area (Å²) in [6.07, 6.45) is 3.45. The second-order valence-corrected chi connectivity index (χ2v) is 4.00. The zero-order valence-electron chi connectivity index (χ0n) is 10.3. The largest absolute Gasteiger partial charge is 0.364 e. The molecule has 18 heavy (non-hydrogen) atoms. The maximum absolute atomic E-state index is 8.87. The second-order valence-electron chi connectivity index (χ2n) is 4.00. The number of hydrogen-bond donors (Lipinski definition) is 1. The molecule has 2 heterocycles. The Bertz CT molecular complexity index is 583. The molecule has 0 amide bonds. The molecular formula is C13H13N5. The molecule has 0 saturated heterocycles. The van der Waals surface area contributed by atoms with Gasteiger partial charge in [0.1, 0.15) is 5.82 Å². The number of anilines is 1. The molecule has 0 aliphatic heterocycles. The average molecular weight is 239 g/mol. The summed E-state index contributed by atoms with van der Waals surface area (Å²) in [7, 11) is 0. The summed E-state index contributed by atoms with van der Waals surface area (Å²) in [6, 6.07) is 5.57. The fraction of sp³-hybridized carbons (Fsp3) is 0.231. The van der Waals surface area contributed by atoms with E-state index in [1.807, 2.05) is 13.8 Å². The first-order valence-corrected chi connectivity index (χ1v) is 5.57. The Balaban J connectivity index is 2.08. The first kappa shape index (κ1) is 12.0. The maximum atomic E-state index is 8.87. The lowest BCUT2D eigenvalue weighted by molar-refractivity contribution is 0.973. The lowest BCUT2D eigenvalue weighted by atomic mass is 10.2. The molecule has 0 aliphatic carbocycles. The van der Waals surface area contributed by atoms with Crippen LogP contribution in [0.3, 0.4) is 0 Å². The molecule has 0 bridgehead atoms. The van der Waals surface area contributed by atoms with Crippen molar-refractivity contribution in [2.75, 3.05) is 5.32 Å². The summed E-state index contributed by atoms with van der Waals surface area (Å²) in [6.45, 7) is 4.29. The Hall–Kier alpha value is -2.48. The van der Waals surface area contributed by atoms with Gasteiger partial charge in [0.2, 0.25) is 0 Å². The fourth-order valence-corrected chi connectivity index (χ4v) is 1.52. The highest BCUT2D eigenvalue weighted by molar-refractivity contribution is 5.44. The maximum Gasteiger partial charge on any atom is 0.127 e. The van der Waals surface area contributed by atoms with E-state index in [9.17, 15) is 0 Å². The van der Waals surface area contributed by atoms with Crippen LogP contribution in [0.4, 0.5) is 5.82 Å². The van der Waals surface area contributed by atoms with Gasteiger partial charge in [0.25, 0.3) is 0 Å². The average Bonchev–Trinajstić information content (AvgIpc) is 2.37. The Labute approximate surface area is 106 Å². The van der Waals surface area contributed by atoms with E-state index in [1.165, 1.54) is 0 Å². The van der Waals surface area contributed by atoms with Crippen LogP contribution < -0.4 is 5.32 Å². The van der Waals surface area contributed by atoms with Gasteiger partial charge in [0.15, 0.2) is 0 Å². The molecule has 2 rings (SSSR count). The molecule has 0 fully saturated rings. The third-order valence-corrected chi connectivity index (χ3v) is 2.37. The Morgan fingerprint density at radius 1 is 1.17 bits per heavy atom. The Morgan fingerprint density at radius 3 is 2.67 bits per heavy atom. The van der Waals surface area contributed by atoms with Crippen LogP contribution in [0.25, 0.3) is 0 Å². The van der Waals surface area contributed by atoms with Crippen LogP contribution in [0.5, 0.6) is 0 Å². The van der Waals surface area contributed by atoms with E-state index in [0.717, 1.165) is 17.1 Å². The van der Waals surface area contributed by atoms with Gasteiger partial charge in [-0.15, -0.1) is 0 Å². The van der Waals surface area contributed by atoms with E-state index in [0.29, 0.717) is 17.9 Å². The summed E-state index contributed by atoms with van der Waals surface area (Å²) in [5.74, 6) is 0.675. The van der Waals surface area contributed by atoms with E-state index in [4.69, 9.17) is 5.26 Å². The number of nitrogens with one attached hydrogen (secondary N) is 1. The predicted octanol–water partition coefficient (Wildman–Crippen LogP) is 1.97. The van der Waals surface area contributed by atoms with Gasteiger partial charge in [-0.1, -0.05) is 0 Å².